The summed E-state index contributed by atoms with van der Waals surface area (Å²) in [6.45, 7) is 0.569. The first-order chi connectivity index (χ1) is 5.79. The number of Topliss-reactive ketones (excluding diaryl/α,β-unsaturated/α-hetero) is 1. The number of ketones is 1. The van der Waals surface area contributed by atoms with E-state index in [0.29, 0.717) is 6.54 Å². The van der Waals surface area contributed by atoms with Crippen molar-refractivity contribution in [1.29, 1.82) is 0 Å². The third-order valence-electron chi connectivity index (χ3n) is 2.15. The second-order valence-corrected chi connectivity index (χ2v) is 3.07. The molecule has 12 heavy (non-hydrogen) atoms. The lowest BCUT2D eigenvalue weighted by Gasteiger charge is -2.35. The van der Waals surface area contributed by atoms with E-state index in [-0.39, 0.29) is 11.8 Å². The van der Waals surface area contributed by atoms with Gasteiger partial charge in [0.2, 0.25) is 0 Å². The van der Waals surface area contributed by atoms with Crippen molar-refractivity contribution in [3.05, 3.63) is 30.1 Å². The highest BCUT2D eigenvalue weighted by Crippen LogP contribution is 2.26. The van der Waals surface area contributed by atoms with E-state index < -0.39 is 0 Å². The van der Waals surface area contributed by atoms with Gasteiger partial charge >= 0.3 is 0 Å². The van der Waals surface area contributed by atoms with Gasteiger partial charge in [0.25, 0.3) is 0 Å². The Bertz CT molecular complexity index is 297. The fraction of sp³-hybridized carbons (Fsp3) is 0.333. The van der Waals surface area contributed by atoms with Crippen molar-refractivity contribution in [3.63, 3.8) is 0 Å². The monoisotopic (exact) mass is 162 g/mol. The first-order valence-corrected chi connectivity index (χ1v) is 3.92. The standard InChI is InChI=1S/C9H10N2O/c1-11-6-8(12)9(11)7-3-2-4-10-5-7/h2-5,9H,6H2,1H3/t9-/m0/s1. The molecule has 62 valence electrons. The Kier molecular flexibility index (Phi) is 1.66. The molecule has 0 aromatic carbocycles. The number of pyridine rings is 1. The minimum atomic E-state index is -0.0429. The molecular weight excluding hydrogens is 152 g/mol. The highest BCUT2D eigenvalue weighted by molar-refractivity contribution is 5.92. The van der Waals surface area contributed by atoms with E-state index in [1.807, 2.05) is 24.1 Å². The molecule has 2 heterocycles. The normalized spacial score (nSPS) is 23.8. The van der Waals surface area contributed by atoms with Crippen LogP contribution >= 0.6 is 0 Å². The number of hydrogen-bond donors (Lipinski definition) is 0. The van der Waals surface area contributed by atoms with Crippen molar-refractivity contribution in [2.24, 2.45) is 0 Å². The van der Waals surface area contributed by atoms with Gasteiger partial charge in [-0.2, -0.15) is 0 Å². The molecule has 2 rings (SSSR count). The number of hydrogen-bond acceptors (Lipinski definition) is 3. The Hall–Kier alpha value is -1.22. The molecule has 0 N–H and O–H groups in total. The van der Waals surface area contributed by atoms with Crippen LogP contribution in [0, 0.1) is 0 Å². The molecule has 0 spiro atoms. The number of nitrogens with zero attached hydrogens (tertiary/aromatic N) is 2. The molecule has 1 aromatic heterocycles. The lowest BCUT2D eigenvalue weighted by atomic mass is 9.96. The van der Waals surface area contributed by atoms with Gasteiger partial charge in [0.05, 0.1) is 12.6 Å². The van der Waals surface area contributed by atoms with Gasteiger partial charge in [-0.25, -0.2) is 0 Å². The maximum absolute atomic E-state index is 11.2. The summed E-state index contributed by atoms with van der Waals surface area (Å²) in [5.41, 5.74) is 0.997. The van der Waals surface area contributed by atoms with Gasteiger partial charge in [0.1, 0.15) is 0 Å². The molecule has 0 bridgehead atoms. The summed E-state index contributed by atoms with van der Waals surface area (Å²) >= 11 is 0. The maximum atomic E-state index is 11.2. The summed E-state index contributed by atoms with van der Waals surface area (Å²) in [6.07, 6.45) is 3.46. The summed E-state index contributed by atoms with van der Waals surface area (Å²) in [4.78, 5) is 17.2. The Morgan fingerprint density at radius 2 is 2.50 bits per heavy atom. The SMILES string of the molecule is CN1CC(=O)[C@@H]1c1cccnc1. The van der Waals surface area contributed by atoms with Crippen molar-refractivity contribution < 1.29 is 4.79 Å². The van der Waals surface area contributed by atoms with Crippen LogP contribution in [0.2, 0.25) is 0 Å². The quantitative estimate of drug-likeness (QED) is 0.607. The molecule has 0 saturated carbocycles. The lowest BCUT2D eigenvalue weighted by Crippen LogP contribution is -2.47. The van der Waals surface area contributed by atoms with Crippen molar-refractivity contribution in [2.45, 2.75) is 6.04 Å². The van der Waals surface area contributed by atoms with E-state index in [1.165, 1.54) is 0 Å². The number of aromatic nitrogens is 1. The van der Waals surface area contributed by atoms with Crippen molar-refractivity contribution in [3.8, 4) is 0 Å². The fourth-order valence-corrected chi connectivity index (χ4v) is 1.54. The molecule has 1 aromatic rings. The second kappa shape index (κ2) is 2.68. The molecule has 0 aliphatic carbocycles. The van der Waals surface area contributed by atoms with Crippen LogP contribution in [0.5, 0.6) is 0 Å². The number of likely N-dealkylation sites (tertiary alicyclic amines) is 1. The molecule has 1 saturated heterocycles. The molecule has 3 heteroatoms. The molecule has 3 nitrogen and oxygen atoms in total. The lowest BCUT2D eigenvalue weighted by molar-refractivity contribution is -0.134. The van der Waals surface area contributed by atoms with E-state index in [1.54, 1.807) is 12.4 Å². The van der Waals surface area contributed by atoms with E-state index in [0.717, 1.165) is 5.56 Å². The topological polar surface area (TPSA) is 33.2 Å². The maximum Gasteiger partial charge on any atom is 0.168 e. The van der Waals surface area contributed by atoms with Gasteiger partial charge in [0.15, 0.2) is 5.78 Å². The van der Waals surface area contributed by atoms with E-state index in [4.69, 9.17) is 0 Å². The summed E-state index contributed by atoms with van der Waals surface area (Å²) < 4.78 is 0. The number of carbonyl (C=O) groups excluding carboxylic acids is 1. The zero-order valence-corrected chi connectivity index (χ0v) is 6.90. The largest absolute Gasteiger partial charge is 0.296 e. The highest BCUT2D eigenvalue weighted by atomic mass is 16.1. The number of rotatable bonds is 1. The Morgan fingerprint density at radius 1 is 1.67 bits per heavy atom. The van der Waals surface area contributed by atoms with Crippen LogP contribution < -0.4 is 0 Å². The van der Waals surface area contributed by atoms with E-state index >= 15 is 0 Å². The van der Waals surface area contributed by atoms with Crippen LogP contribution in [0.25, 0.3) is 0 Å². The van der Waals surface area contributed by atoms with E-state index in [2.05, 4.69) is 4.98 Å². The summed E-state index contributed by atoms with van der Waals surface area (Å²) in [6, 6.07) is 3.75. The summed E-state index contributed by atoms with van der Waals surface area (Å²) in [5, 5.41) is 0. The fourth-order valence-electron chi connectivity index (χ4n) is 1.54. The van der Waals surface area contributed by atoms with Gasteiger partial charge in [-0.3, -0.25) is 14.7 Å². The van der Waals surface area contributed by atoms with Crippen LogP contribution in [0.4, 0.5) is 0 Å². The predicted octanol–water partition coefficient (Wildman–Crippen LogP) is 0.637. The van der Waals surface area contributed by atoms with Crippen LogP contribution in [-0.4, -0.2) is 29.3 Å². The average Bonchev–Trinajstić information content (AvgIpc) is 2.05. The predicted molar refractivity (Wildman–Crippen MR) is 44.6 cm³/mol. The van der Waals surface area contributed by atoms with Gasteiger partial charge in [0, 0.05) is 12.4 Å². The van der Waals surface area contributed by atoms with Gasteiger partial charge < -0.3 is 0 Å². The molecule has 1 aliphatic rings. The average molecular weight is 162 g/mol. The van der Waals surface area contributed by atoms with Gasteiger partial charge in [-0.1, -0.05) is 6.07 Å². The third kappa shape index (κ3) is 1.02. The molecule has 0 radical (unpaired) electrons. The van der Waals surface area contributed by atoms with Crippen molar-refractivity contribution in [1.82, 2.24) is 9.88 Å². The van der Waals surface area contributed by atoms with Crippen LogP contribution in [0.15, 0.2) is 24.5 Å². The smallest absolute Gasteiger partial charge is 0.168 e. The molecule has 1 aliphatic heterocycles. The number of likely N-dealkylation sites (N-methyl/N-ethyl adjacent to an activating group) is 1. The van der Waals surface area contributed by atoms with Crippen molar-refractivity contribution in [2.75, 3.05) is 13.6 Å². The molecular formula is C9H10N2O. The second-order valence-electron chi connectivity index (χ2n) is 3.07. The van der Waals surface area contributed by atoms with Crippen molar-refractivity contribution >= 4 is 5.78 Å². The zero-order valence-electron chi connectivity index (χ0n) is 6.90. The molecule has 1 fully saturated rings. The Morgan fingerprint density at radius 3 is 3.00 bits per heavy atom. The Balaban J connectivity index is 2.26. The van der Waals surface area contributed by atoms with Gasteiger partial charge in [-0.15, -0.1) is 0 Å². The minimum absolute atomic E-state index is 0.0429. The van der Waals surface area contributed by atoms with Gasteiger partial charge in [-0.05, 0) is 18.7 Å². The van der Waals surface area contributed by atoms with Crippen LogP contribution in [-0.2, 0) is 4.79 Å². The molecule has 1 atom stereocenters. The minimum Gasteiger partial charge on any atom is -0.296 e. The molecule has 0 amide bonds. The first kappa shape index (κ1) is 7.43. The highest BCUT2D eigenvalue weighted by Gasteiger charge is 2.35. The first-order valence-electron chi connectivity index (χ1n) is 3.92. The van der Waals surface area contributed by atoms with Crippen LogP contribution in [0.1, 0.15) is 11.6 Å². The third-order valence-corrected chi connectivity index (χ3v) is 2.15. The summed E-state index contributed by atoms with van der Waals surface area (Å²) in [7, 11) is 1.94. The van der Waals surface area contributed by atoms with E-state index in [9.17, 15) is 4.79 Å². The number of carbonyl (C=O) groups is 1. The van der Waals surface area contributed by atoms with Crippen LogP contribution in [0.3, 0.4) is 0 Å². The molecule has 0 unspecified atom stereocenters. The summed E-state index contributed by atoms with van der Waals surface area (Å²) in [5.74, 6) is 0.283. The Labute approximate surface area is 71.0 Å². The zero-order chi connectivity index (χ0) is 8.55.